The summed E-state index contributed by atoms with van der Waals surface area (Å²) < 4.78 is 52.6. The minimum Gasteiger partial charge on any atom is -0.333 e. The van der Waals surface area contributed by atoms with Gasteiger partial charge in [0.15, 0.2) is 0 Å². The first kappa shape index (κ1) is 20.6. The molecule has 1 aromatic carbocycles. The van der Waals surface area contributed by atoms with Crippen molar-refractivity contribution in [2.75, 3.05) is 18.4 Å². The number of hydrogen-bond donors (Lipinski definition) is 1. The van der Waals surface area contributed by atoms with Crippen LogP contribution in [0, 0.1) is 5.92 Å². The Balaban J connectivity index is 1.69. The number of alkyl halides is 4. The first-order chi connectivity index (χ1) is 13.2. The molecule has 3 rings (SSSR count). The van der Waals surface area contributed by atoms with Crippen LogP contribution in [0.3, 0.4) is 0 Å². The maximum atomic E-state index is 13.2. The third-order valence-corrected chi connectivity index (χ3v) is 5.42. The maximum Gasteiger partial charge on any atom is 0.416 e. The van der Waals surface area contributed by atoms with E-state index >= 15 is 0 Å². The van der Waals surface area contributed by atoms with E-state index in [1.54, 1.807) is 0 Å². The number of carbonyl (C=O) groups is 2. The van der Waals surface area contributed by atoms with E-state index in [2.05, 4.69) is 5.32 Å². The van der Waals surface area contributed by atoms with Gasteiger partial charge in [0, 0.05) is 17.7 Å². The van der Waals surface area contributed by atoms with E-state index in [-0.39, 0.29) is 36.7 Å². The van der Waals surface area contributed by atoms with Gasteiger partial charge < -0.3 is 10.2 Å². The summed E-state index contributed by atoms with van der Waals surface area (Å²) in [5.74, 6) is -0.549. The monoisotopic (exact) mass is 400 g/mol. The van der Waals surface area contributed by atoms with Crippen molar-refractivity contribution in [3.05, 3.63) is 29.3 Å². The van der Waals surface area contributed by atoms with Crippen molar-refractivity contribution in [1.82, 2.24) is 4.90 Å². The van der Waals surface area contributed by atoms with Gasteiger partial charge in [0.05, 0.1) is 18.7 Å². The van der Waals surface area contributed by atoms with Crippen LogP contribution in [-0.4, -0.2) is 36.0 Å². The zero-order valence-corrected chi connectivity index (χ0v) is 15.5. The zero-order chi connectivity index (χ0) is 20.3. The number of nitrogens with zero attached hydrogens (tertiary/aromatic N) is 1. The molecule has 2 fully saturated rings. The number of benzene rings is 1. The van der Waals surface area contributed by atoms with E-state index in [0.29, 0.717) is 12.3 Å². The molecule has 1 saturated heterocycles. The number of anilines is 1. The predicted octanol–water partition coefficient (Wildman–Crippen LogP) is 4.80. The molecule has 1 saturated carbocycles. The minimum atomic E-state index is -4.66. The summed E-state index contributed by atoms with van der Waals surface area (Å²) in [7, 11) is 0. The number of likely N-dealkylation sites (tertiary alicyclic amines) is 1. The summed E-state index contributed by atoms with van der Waals surface area (Å²) in [4.78, 5) is 25.7. The highest BCUT2D eigenvalue weighted by Gasteiger charge is 2.35. The van der Waals surface area contributed by atoms with Gasteiger partial charge in [-0.2, -0.15) is 13.2 Å². The van der Waals surface area contributed by atoms with Gasteiger partial charge in [-0.1, -0.05) is 32.1 Å². The molecule has 0 bridgehead atoms. The van der Waals surface area contributed by atoms with Crippen LogP contribution < -0.4 is 5.32 Å². The lowest BCUT2D eigenvalue weighted by molar-refractivity contribution is -0.137. The van der Waals surface area contributed by atoms with Crippen LogP contribution in [-0.2, 0) is 11.0 Å². The Labute approximate surface area is 161 Å². The summed E-state index contributed by atoms with van der Waals surface area (Å²) in [5.41, 5.74) is -1.29. The normalized spacial score (nSPS) is 18.6. The lowest BCUT2D eigenvalue weighted by atomic mass is 9.86. The highest BCUT2D eigenvalue weighted by molar-refractivity contribution is 5.98. The molecular weight excluding hydrogens is 376 g/mol. The first-order valence-electron chi connectivity index (χ1n) is 9.68. The Kier molecular flexibility index (Phi) is 6.25. The number of halogens is 4. The third kappa shape index (κ3) is 5.23. The van der Waals surface area contributed by atoms with Crippen LogP contribution in [0.4, 0.5) is 23.2 Å². The summed E-state index contributed by atoms with van der Waals surface area (Å²) in [6.45, 7) is -0.254. The summed E-state index contributed by atoms with van der Waals surface area (Å²) in [6, 6.07) is 2.79. The van der Waals surface area contributed by atoms with Gasteiger partial charge >= 0.3 is 6.18 Å². The van der Waals surface area contributed by atoms with Crippen molar-refractivity contribution in [3.8, 4) is 0 Å². The van der Waals surface area contributed by atoms with Gasteiger partial charge in [-0.05, 0) is 30.5 Å². The summed E-state index contributed by atoms with van der Waals surface area (Å²) >= 11 is 0. The van der Waals surface area contributed by atoms with Crippen LogP contribution in [0.2, 0.25) is 0 Å². The predicted molar refractivity (Wildman–Crippen MR) is 96.7 cm³/mol. The number of amides is 2. The molecule has 1 aromatic rings. The highest BCUT2D eigenvalue weighted by Crippen LogP contribution is 2.33. The lowest BCUT2D eigenvalue weighted by Gasteiger charge is -2.34. The third-order valence-electron chi connectivity index (χ3n) is 5.42. The molecule has 1 N–H and O–H groups in total. The Morgan fingerprint density at radius 1 is 1.07 bits per heavy atom. The standard InChI is InChI=1S/C20H24F4N2O2/c21-16-11-26(12-16)19(28)14-8-15(20(22,23)24)10-17(9-14)25-18(27)7-6-13-4-2-1-3-5-13/h8-10,13,16H,1-7,11-12H2,(H,25,27). The van der Waals surface area contributed by atoms with Crippen LogP contribution in [0.1, 0.15) is 60.9 Å². The van der Waals surface area contributed by atoms with Crippen LogP contribution in [0.25, 0.3) is 0 Å². The first-order valence-corrected chi connectivity index (χ1v) is 9.68. The number of hydrogen-bond acceptors (Lipinski definition) is 2. The number of nitrogens with one attached hydrogen (secondary N) is 1. The second-order valence-electron chi connectivity index (χ2n) is 7.70. The minimum absolute atomic E-state index is 0.0656. The molecule has 1 aliphatic heterocycles. The smallest absolute Gasteiger partial charge is 0.333 e. The highest BCUT2D eigenvalue weighted by atomic mass is 19.4. The number of carbonyl (C=O) groups excluding carboxylic acids is 2. The van der Waals surface area contributed by atoms with E-state index < -0.39 is 23.8 Å². The molecule has 0 atom stereocenters. The largest absolute Gasteiger partial charge is 0.416 e. The average molecular weight is 400 g/mol. The van der Waals surface area contributed by atoms with Crippen LogP contribution >= 0.6 is 0 Å². The summed E-state index contributed by atoms with van der Waals surface area (Å²) in [5, 5.41) is 2.49. The van der Waals surface area contributed by atoms with Gasteiger partial charge in [0.25, 0.3) is 5.91 Å². The fourth-order valence-corrected chi connectivity index (χ4v) is 3.79. The van der Waals surface area contributed by atoms with Crippen molar-refractivity contribution in [1.29, 1.82) is 0 Å². The molecule has 4 nitrogen and oxygen atoms in total. The fourth-order valence-electron chi connectivity index (χ4n) is 3.79. The Morgan fingerprint density at radius 2 is 1.75 bits per heavy atom. The summed E-state index contributed by atoms with van der Waals surface area (Å²) in [6.07, 6.45) is 0.834. The van der Waals surface area contributed by atoms with E-state index in [0.717, 1.165) is 42.7 Å². The van der Waals surface area contributed by atoms with Crippen LogP contribution in [0.15, 0.2) is 18.2 Å². The van der Waals surface area contributed by atoms with Crippen molar-refractivity contribution in [2.45, 2.75) is 57.3 Å². The van der Waals surface area contributed by atoms with E-state index in [1.165, 1.54) is 12.5 Å². The van der Waals surface area contributed by atoms with Crippen molar-refractivity contribution < 1.29 is 27.2 Å². The SMILES string of the molecule is O=C(CCC1CCCCC1)Nc1cc(C(=O)N2CC(F)C2)cc(C(F)(F)F)c1. The molecule has 2 aliphatic rings. The number of rotatable bonds is 5. The molecule has 1 heterocycles. The van der Waals surface area contributed by atoms with E-state index in [9.17, 15) is 27.2 Å². The molecular formula is C20H24F4N2O2. The van der Waals surface area contributed by atoms with Crippen molar-refractivity contribution in [3.63, 3.8) is 0 Å². The Morgan fingerprint density at radius 3 is 2.36 bits per heavy atom. The Bertz CT molecular complexity index is 723. The van der Waals surface area contributed by atoms with Gasteiger partial charge in [-0.25, -0.2) is 4.39 Å². The molecule has 28 heavy (non-hydrogen) atoms. The van der Waals surface area contributed by atoms with Crippen LogP contribution in [0.5, 0.6) is 0 Å². The second kappa shape index (κ2) is 8.49. The Hall–Kier alpha value is -2.12. The second-order valence-corrected chi connectivity index (χ2v) is 7.70. The molecule has 0 radical (unpaired) electrons. The van der Waals surface area contributed by atoms with Crippen molar-refractivity contribution in [2.24, 2.45) is 5.92 Å². The quantitative estimate of drug-likeness (QED) is 0.722. The van der Waals surface area contributed by atoms with Gasteiger partial charge in [0.1, 0.15) is 6.17 Å². The molecule has 0 unspecified atom stereocenters. The average Bonchev–Trinajstić information content (AvgIpc) is 2.63. The molecule has 2 amide bonds. The molecule has 154 valence electrons. The fraction of sp³-hybridized carbons (Fsp3) is 0.600. The molecule has 8 heteroatoms. The van der Waals surface area contributed by atoms with Crippen molar-refractivity contribution >= 4 is 17.5 Å². The van der Waals surface area contributed by atoms with Gasteiger partial charge in [-0.3, -0.25) is 9.59 Å². The van der Waals surface area contributed by atoms with Gasteiger partial charge in [0.2, 0.25) is 5.91 Å². The van der Waals surface area contributed by atoms with Gasteiger partial charge in [-0.15, -0.1) is 0 Å². The van der Waals surface area contributed by atoms with E-state index in [1.807, 2.05) is 0 Å². The lowest BCUT2D eigenvalue weighted by Crippen LogP contribution is -2.51. The molecule has 0 aromatic heterocycles. The molecule has 1 aliphatic carbocycles. The maximum absolute atomic E-state index is 13.2. The zero-order valence-electron chi connectivity index (χ0n) is 15.5. The topological polar surface area (TPSA) is 49.4 Å². The van der Waals surface area contributed by atoms with E-state index in [4.69, 9.17) is 0 Å². The molecule has 0 spiro atoms.